The molecule has 2 fully saturated rings. The highest BCUT2D eigenvalue weighted by Gasteiger charge is 2.45. The molecule has 0 spiro atoms. The topological polar surface area (TPSA) is 23.5 Å². The molecule has 0 amide bonds. The third-order valence-electron chi connectivity index (χ3n) is 4.91. The molecule has 2 bridgehead atoms. The minimum absolute atomic E-state index is 0.335. The predicted molar refractivity (Wildman–Crippen MR) is 81.7 cm³/mol. The van der Waals surface area contributed by atoms with Crippen molar-refractivity contribution in [1.82, 2.24) is 4.90 Å². The van der Waals surface area contributed by atoms with Gasteiger partial charge in [-0.15, -0.1) is 0 Å². The number of piperidine rings is 1. The lowest BCUT2D eigenvalue weighted by Crippen LogP contribution is -2.47. The predicted octanol–water partition coefficient (Wildman–Crippen LogP) is 2.85. The van der Waals surface area contributed by atoms with Gasteiger partial charge >= 0.3 is 0 Å². The number of aliphatic hydroxyl groups is 1. The van der Waals surface area contributed by atoms with E-state index in [-0.39, 0.29) is 0 Å². The quantitative estimate of drug-likeness (QED) is 0.823. The summed E-state index contributed by atoms with van der Waals surface area (Å²) in [6.07, 6.45) is 3.69. The highest BCUT2D eigenvalue weighted by Crippen LogP contribution is 2.46. The zero-order chi connectivity index (χ0) is 12.7. The maximum absolute atomic E-state index is 9.63. The molecule has 98 valence electrons. The standard InChI is InChI=1S/C15H20INO/c1-17-14-6-7-15(17)12(8-10(14)9-18)11-4-2-3-5-13(11)16/h2-5,10,12,14-15,18H,6-9H2,1H3/t10-,12?,14-,15+/m1/s1. The van der Waals surface area contributed by atoms with Crippen molar-refractivity contribution in [3.63, 3.8) is 0 Å². The van der Waals surface area contributed by atoms with Crippen LogP contribution in [0.5, 0.6) is 0 Å². The van der Waals surface area contributed by atoms with Crippen molar-refractivity contribution >= 4 is 22.6 Å². The molecule has 2 nitrogen and oxygen atoms in total. The van der Waals surface area contributed by atoms with E-state index in [0.29, 0.717) is 30.5 Å². The first-order valence-corrected chi connectivity index (χ1v) is 7.87. The minimum Gasteiger partial charge on any atom is -0.396 e. The zero-order valence-electron chi connectivity index (χ0n) is 10.7. The normalized spacial score (nSPS) is 35.9. The van der Waals surface area contributed by atoms with E-state index in [1.165, 1.54) is 22.0 Å². The van der Waals surface area contributed by atoms with Crippen LogP contribution in [0, 0.1) is 9.49 Å². The van der Waals surface area contributed by atoms with Gasteiger partial charge in [-0.1, -0.05) is 18.2 Å². The smallest absolute Gasteiger partial charge is 0.0474 e. The summed E-state index contributed by atoms with van der Waals surface area (Å²) in [5, 5.41) is 9.63. The molecule has 2 aliphatic rings. The van der Waals surface area contributed by atoms with Gasteiger partial charge in [0.15, 0.2) is 0 Å². The molecule has 2 aliphatic heterocycles. The van der Waals surface area contributed by atoms with Gasteiger partial charge in [-0.3, -0.25) is 4.90 Å². The van der Waals surface area contributed by atoms with Crippen molar-refractivity contribution in [2.45, 2.75) is 37.3 Å². The van der Waals surface area contributed by atoms with Crippen LogP contribution in [-0.2, 0) is 0 Å². The Kier molecular flexibility index (Phi) is 3.65. The van der Waals surface area contributed by atoms with E-state index in [9.17, 15) is 5.11 Å². The van der Waals surface area contributed by atoms with E-state index < -0.39 is 0 Å². The van der Waals surface area contributed by atoms with Crippen LogP contribution in [0.4, 0.5) is 0 Å². The molecule has 1 aromatic rings. The molecular formula is C15H20INO. The summed E-state index contributed by atoms with van der Waals surface area (Å²) in [6.45, 7) is 0.335. The Morgan fingerprint density at radius 1 is 1.28 bits per heavy atom. The van der Waals surface area contributed by atoms with E-state index in [4.69, 9.17) is 0 Å². The largest absolute Gasteiger partial charge is 0.396 e. The number of likely N-dealkylation sites (N-methyl/N-ethyl adjacent to an activating group) is 1. The summed E-state index contributed by atoms with van der Waals surface area (Å²) in [7, 11) is 2.24. The van der Waals surface area contributed by atoms with Crippen LogP contribution in [0.25, 0.3) is 0 Å². The second-order valence-corrected chi connectivity index (χ2v) is 6.85. The Morgan fingerprint density at radius 3 is 2.72 bits per heavy atom. The third kappa shape index (κ3) is 2.00. The van der Waals surface area contributed by atoms with Crippen LogP contribution in [0.15, 0.2) is 24.3 Å². The van der Waals surface area contributed by atoms with Crippen LogP contribution < -0.4 is 0 Å². The third-order valence-corrected chi connectivity index (χ3v) is 5.89. The lowest BCUT2D eigenvalue weighted by atomic mass is 9.79. The molecule has 0 saturated carbocycles. The van der Waals surface area contributed by atoms with Gasteiger partial charge in [0.1, 0.15) is 0 Å². The molecule has 3 heteroatoms. The van der Waals surface area contributed by atoms with Crippen molar-refractivity contribution in [2.75, 3.05) is 13.7 Å². The average molecular weight is 357 g/mol. The Hall–Kier alpha value is -0.130. The molecule has 1 unspecified atom stereocenters. The minimum atomic E-state index is 0.335. The Balaban J connectivity index is 1.95. The number of hydrogen-bond acceptors (Lipinski definition) is 2. The molecule has 1 aromatic carbocycles. The fourth-order valence-corrected chi connectivity index (χ4v) is 4.78. The molecule has 18 heavy (non-hydrogen) atoms. The van der Waals surface area contributed by atoms with E-state index in [0.717, 1.165) is 6.42 Å². The highest BCUT2D eigenvalue weighted by molar-refractivity contribution is 14.1. The summed E-state index contributed by atoms with van der Waals surface area (Å²) in [4.78, 5) is 2.53. The van der Waals surface area contributed by atoms with Crippen LogP contribution in [0.1, 0.15) is 30.7 Å². The maximum Gasteiger partial charge on any atom is 0.0474 e. The molecule has 0 aliphatic carbocycles. The van der Waals surface area contributed by atoms with Gasteiger partial charge < -0.3 is 5.11 Å². The summed E-state index contributed by atoms with van der Waals surface area (Å²) in [5.74, 6) is 1.05. The number of fused-ring (bicyclic) bond motifs is 2. The fourth-order valence-electron chi connectivity index (χ4n) is 3.99. The number of benzene rings is 1. The summed E-state index contributed by atoms with van der Waals surface area (Å²) in [6, 6.07) is 10.0. The van der Waals surface area contributed by atoms with Crippen molar-refractivity contribution in [1.29, 1.82) is 0 Å². The number of nitrogens with zero attached hydrogens (tertiary/aromatic N) is 1. The fraction of sp³-hybridized carbons (Fsp3) is 0.600. The van der Waals surface area contributed by atoms with Crippen molar-refractivity contribution < 1.29 is 5.11 Å². The van der Waals surface area contributed by atoms with Crippen molar-refractivity contribution in [3.8, 4) is 0 Å². The van der Waals surface area contributed by atoms with Gasteiger partial charge in [-0.2, -0.15) is 0 Å². The SMILES string of the molecule is CN1[C@@H]2CC[C@H]1C(c1ccccc1I)C[C@@H]2CO. The highest BCUT2D eigenvalue weighted by atomic mass is 127. The molecule has 1 N–H and O–H groups in total. The molecular weight excluding hydrogens is 337 g/mol. The van der Waals surface area contributed by atoms with E-state index in [1.54, 1.807) is 0 Å². The Labute approximate surface area is 123 Å². The van der Waals surface area contributed by atoms with E-state index >= 15 is 0 Å². The van der Waals surface area contributed by atoms with Gasteiger partial charge in [-0.05, 0) is 66.4 Å². The summed E-state index contributed by atoms with van der Waals surface area (Å²) < 4.78 is 1.37. The number of rotatable bonds is 2. The average Bonchev–Trinajstić information content (AvgIpc) is 2.64. The van der Waals surface area contributed by atoms with Crippen LogP contribution in [0.2, 0.25) is 0 Å². The number of halogens is 1. The first kappa shape index (κ1) is 12.9. The Morgan fingerprint density at radius 2 is 2.00 bits per heavy atom. The Bertz CT molecular complexity index is 436. The van der Waals surface area contributed by atoms with E-state index in [2.05, 4.69) is 58.8 Å². The monoisotopic (exact) mass is 357 g/mol. The summed E-state index contributed by atoms with van der Waals surface area (Å²) >= 11 is 2.45. The molecule has 2 saturated heterocycles. The lowest BCUT2D eigenvalue weighted by Gasteiger charge is -2.42. The molecule has 2 heterocycles. The number of aliphatic hydroxyl groups excluding tert-OH is 1. The first-order chi connectivity index (χ1) is 8.72. The van der Waals surface area contributed by atoms with Crippen molar-refractivity contribution in [2.24, 2.45) is 5.92 Å². The van der Waals surface area contributed by atoms with Crippen molar-refractivity contribution in [3.05, 3.63) is 33.4 Å². The van der Waals surface area contributed by atoms with Gasteiger partial charge in [0.05, 0.1) is 0 Å². The molecule has 4 atom stereocenters. The second-order valence-electron chi connectivity index (χ2n) is 5.68. The number of hydrogen-bond donors (Lipinski definition) is 1. The molecule has 0 aromatic heterocycles. The second kappa shape index (κ2) is 5.10. The van der Waals surface area contributed by atoms with Gasteiger partial charge in [0.25, 0.3) is 0 Å². The van der Waals surface area contributed by atoms with Crippen LogP contribution in [-0.4, -0.2) is 35.7 Å². The van der Waals surface area contributed by atoms with Crippen LogP contribution >= 0.6 is 22.6 Å². The molecule has 3 rings (SSSR count). The van der Waals surface area contributed by atoms with Gasteiger partial charge in [-0.25, -0.2) is 0 Å². The lowest BCUT2D eigenvalue weighted by molar-refractivity contribution is 0.0627. The summed E-state index contributed by atoms with van der Waals surface area (Å²) in [5.41, 5.74) is 1.48. The van der Waals surface area contributed by atoms with Gasteiger partial charge in [0.2, 0.25) is 0 Å². The first-order valence-electron chi connectivity index (χ1n) is 6.79. The van der Waals surface area contributed by atoms with E-state index in [1.807, 2.05) is 0 Å². The zero-order valence-corrected chi connectivity index (χ0v) is 12.9. The van der Waals surface area contributed by atoms with Gasteiger partial charge in [0, 0.05) is 28.2 Å². The molecule has 0 radical (unpaired) electrons. The van der Waals surface area contributed by atoms with Crippen LogP contribution in [0.3, 0.4) is 0 Å². The maximum atomic E-state index is 9.63.